The SMILES string of the molecule is CC1(C)CCCC(C)(C)N1[SiH](I)I. The largest absolute Gasteiger partial charge is 0.300 e. The zero-order valence-electron chi connectivity index (χ0n) is 8.90. The minimum Gasteiger partial charge on any atom is -0.300 e. The number of halogens is 2. The van der Waals surface area contributed by atoms with Crippen molar-refractivity contribution in [2.75, 3.05) is 0 Å². The van der Waals surface area contributed by atoms with Gasteiger partial charge in [-0.1, -0.05) is 43.6 Å². The first-order valence-electron chi connectivity index (χ1n) is 4.85. The molecule has 1 rings (SSSR count). The highest BCUT2D eigenvalue weighted by molar-refractivity contribution is 14.3. The molecule has 0 N–H and O–H groups in total. The zero-order chi connectivity index (χ0) is 10.3. The van der Waals surface area contributed by atoms with E-state index in [0.29, 0.717) is 11.1 Å². The Labute approximate surface area is 109 Å². The Kier molecular flexibility index (Phi) is 4.15. The molecule has 0 aliphatic carbocycles. The van der Waals surface area contributed by atoms with Crippen molar-refractivity contribution in [3.8, 4) is 0 Å². The molecule has 13 heavy (non-hydrogen) atoms. The highest BCUT2D eigenvalue weighted by Gasteiger charge is 2.43. The number of hydrogen-bond acceptors (Lipinski definition) is 1. The summed E-state index contributed by atoms with van der Waals surface area (Å²) in [4.78, 5) is 0. The molecule has 1 aliphatic heterocycles. The van der Waals surface area contributed by atoms with Gasteiger partial charge in [-0.05, 0) is 47.0 Å². The van der Waals surface area contributed by atoms with Gasteiger partial charge in [0.2, 0.25) is 3.95 Å². The van der Waals surface area contributed by atoms with E-state index in [1.54, 1.807) is 0 Å². The van der Waals surface area contributed by atoms with Gasteiger partial charge in [-0.2, -0.15) is 0 Å². The highest BCUT2D eigenvalue weighted by atomic mass is 127. The van der Waals surface area contributed by atoms with Gasteiger partial charge in [0.05, 0.1) is 0 Å². The molecule has 1 nitrogen and oxygen atoms in total. The van der Waals surface area contributed by atoms with Gasteiger partial charge in [-0.3, -0.25) is 0 Å². The molecule has 0 spiro atoms. The van der Waals surface area contributed by atoms with Crippen LogP contribution in [-0.4, -0.2) is 19.6 Å². The monoisotopic (exact) mass is 423 g/mol. The van der Waals surface area contributed by atoms with Gasteiger partial charge in [0.1, 0.15) is 0 Å². The second kappa shape index (κ2) is 4.25. The topological polar surface area (TPSA) is 3.24 Å². The van der Waals surface area contributed by atoms with E-state index >= 15 is 0 Å². The van der Waals surface area contributed by atoms with E-state index in [1.807, 2.05) is 0 Å². The highest BCUT2D eigenvalue weighted by Crippen LogP contribution is 2.41. The second-order valence-electron chi connectivity index (χ2n) is 5.13. The van der Waals surface area contributed by atoms with Crippen LogP contribution in [0.3, 0.4) is 0 Å². The van der Waals surface area contributed by atoms with Crippen molar-refractivity contribution in [3.63, 3.8) is 0 Å². The molecule has 4 heteroatoms. The van der Waals surface area contributed by atoms with Crippen molar-refractivity contribution in [2.45, 2.75) is 58.0 Å². The van der Waals surface area contributed by atoms with Gasteiger partial charge < -0.3 is 4.57 Å². The van der Waals surface area contributed by atoms with E-state index in [4.69, 9.17) is 0 Å². The molecule has 1 fully saturated rings. The second-order valence-corrected chi connectivity index (χ2v) is 20.4. The molecule has 1 saturated heterocycles. The van der Waals surface area contributed by atoms with Crippen molar-refractivity contribution < 1.29 is 0 Å². The predicted molar refractivity (Wildman–Crippen MR) is 79.0 cm³/mol. The van der Waals surface area contributed by atoms with Gasteiger partial charge >= 0.3 is 0 Å². The van der Waals surface area contributed by atoms with Crippen LogP contribution in [0.2, 0.25) is 0 Å². The molecule has 1 heterocycles. The van der Waals surface area contributed by atoms with Crippen LogP contribution in [0, 0.1) is 0 Å². The third-order valence-electron chi connectivity index (χ3n) is 3.08. The lowest BCUT2D eigenvalue weighted by atomic mass is 9.83. The van der Waals surface area contributed by atoms with Crippen molar-refractivity contribution in [1.29, 1.82) is 0 Å². The van der Waals surface area contributed by atoms with Crippen LogP contribution in [0.1, 0.15) is 47.0 Å². The fraction of sp³-hybridized carbons (Fsp3) is 1.00. The van der Waals surface area contributed by atoms with Crippen LogP contribution < -0.4 is 0 Å². The molecule has 1 aliphatic rings. The Morgan fingerprint density at radius 2 is 1.38 bits per heavy atom. The molecule has 0 unspecified atom stereocenters. The summed E-state index contributed by atoms with van der Waals surface area (Å²) in [6, 6.07) is 0. The van der Waals surface area contributed by atoms with Crippen LogP contribution in [0.4, 0.5) is 0 Å². The minimum atomic E-state index is -0.729. The molecule has 78 valence electrons. The summed E-state index contributed by atoms with van der Waals surface area (Å²) in [5.41, 5.74) is 0.863. The van der Waals surface area contributed by atoms with E-state index in [1.165, 1.54) is 19.3 Å². The van der Waals surface area contributed by atoms with Crippen molar-refractivity contribution in [2.24, 2.45) is 0 Å². The lowest BCUT2D eigenvalue weighted by Gasteiger charge is -2.54. The Morgan fingerprint density at radius 3 is 1.62 bits per heavy atom. The zero-order valence-corrected chi connectivity index (χ0v) is 14.4. The number of hydrogen-bond donors (Lipinski definition) is 0. The Balaban J connectivity index is 2.91. The summed E-state index contributed by atoms with van der Waals surface area (Å²) < 4.78 is 2.07. The third kappa shape index (κ3) is 2.81. The summed E-state index contributed by atoms with van der Waals surface area (Å²) >= 11 is 5.33. The molecule has 0 atom stereocenters. The molecule has 0 bridgehead atoms. The van der Waals surface area contributed by atoms with Crippen molar-refractivity contribution in [3.05, 3.63) is 0 Å². The fourth-order valence-electron chi connectivity index (χ4n) is 2.54. The molecular formula is C9H19I2NSi. The Bertz CT molecular complexity index is 176. The maximum absolute atomic E-state index is 2.80. The number of nitrogens with zero attached hydrogens (tertiary/aromatic N) is 1. The molecule has 0 radical (unpaired) electrons. The first kappa shape index (κ1) is 12.7. The summed E-state index contributed by atoms with van der Waals surface area (Å²) in [5.74, 6) is 0. The van der Waals surface area contributed by atoms with E-state index in [9.17, 15) is 0 Å². The molecule has 0 amide bonds. The van der Waals surface area contributed by atoms with Crippen molar-refractivity contribution in [1.82, 2.24) is 4.57 Å². The summed E-state index contributed by atoms with van der Waals surface area (Å²) in [5, 5.41) is 0. The average Bonchev–Trinajstić information content (AvgIpc) is 1.79. The van der Waals surface area contributed by atoms with E-state index in [-0.39, 0.29) is 0 Å². The predicted octanol–water partition coefficient (Wildman–Crippen LogP) is 3.62. The van der Waals surface area contributed by atoms with E-state index in [0.717, 1.165) is 0 Å². The molecule has 0 aromatic carbocycles. The van der Waals surface area contributed by atoms with Crippen LogP contribution in [0.15, 0.2) is 0 Å². The molecule has 0 aromatic heterocycles. The standard InChI is InChI=1S/C9H19I2NSi/c1-8(2)6-5-7-9(3,4)12(8)13(10)11/h13H,5-7H2,1-4H3. The first-order chi connectivity index (χ1) is 5.77. The normalized spacial score (nSPS) is 27.9. The molecule has 0 aromatic rings. The smallest absolute Gasteiger partial charge is 0.248 e. The Morgan fingerprint density at radius 1 is 1.00 bits per heavy atom. The van der Waals surface area contributed by atoms with Crippen LogP contribution in [0.25, 0.3) is 0 Å². The quantitative estimate of drug-likeness (QED) is 0.354. The van der Waals surface area contributed by atoms with Crippen LogP contribution in [0.5, 0.6) is 0 Å². The van der Waals surface area contributed by atoms with Gasteiger partial charge in [0.25, 0.3) is 0 Å². The van der Waals surface area contributed by atoms with Gasteiger partial charge in [0, 0.05) is 11.1 Å². The average molecular weight is 423 g/mol. The molecular weight excluding hydrogens is 404 g/mol. The lowest BCUT2D eigenvalue weighted by Crippen LogP contribution is -2.61. The summed E-state index contributed by atoms with van der Waals surface area (Å²) in [6.45, 7) is 9.63. The lowest BCUT2D eigenvalue weighted by molar-refractivity contribution is 0.0564. The van der Waals surface area contributed by atoms with Gasteiger partial charge in [-0.15, -0.1) is 0 Å². The first-order valence-corrected chi connectivity index (χ1v) is 13.7. The van der Waals surface area contributed by atoms with Gasteiger partial charge in [-0.25, -0.2) is 0 Å². The summed E-state index contributed by atoms with van der Waals surface area (Å²) in [6.07, 6.45) is 4.13. The summed E-state index contributed by atoms with van der Waals surface area (Å²) in [7, 11) is 0. The number of piperidine rings is 1. The maximum atomic E-state index is 2.80. The van der Waals surface area contributed by atoms with E-state index in [2.05, 4.69) is 75.9 Å². The Hall–Kier alpha value is 1.64. The maximum Gasteiger partial charge on any atom is 0.248 e. The van der Waals surface area contributed by atoms with Crippen molar-refractivity contribution >= 4 is 47.5 Å². The fourth-order valence-corrected chi connectivity index (χ4v) is 12.9. The third-order valence-corrected chi connectivity index (χ3v) is 8.21. The van der Waals surface area contributed by atoms with Gasteiger partial charge in [0.15, 0.2) is 0 Å². The van der Waals surface area contributed by atoms with E-state index < -0.39 is 3.95 Å². The van der Waals surface area contributed by atoms with Crippen LogP contribution in [-0.2, 0) is 0 Å². The number of rotatable bonds is 1. The molecule has 0 saturated carbocycles. The minimum absolute atomic E-state index is 0.432. The van der Waals surface area contributed by atoms with Crippen LogP contribution >= 0.6 is 43.6 Å².